The van der Waals surface area contributed by atoms with Gasteiger partial charge in [-0.2, -0.15) is 0 Å². The molecule has 21 heteroatoms. The van der Waals surface area contributed by atoms with Crippen molar-refractivity contribution in [2.45, 2.75) is 0 Å². The predicted octanol–water partition coefficient (Wildman–Crippen LogP) is -4.99. The van der Waals surface area contributed by atoms with E-state index in [1.807, 2.05) is 0 Å². The number of rotatable bonds is 2. The maximum absolute atomic E-state index is 9.36. The van der Waals surface area contributed by atoms with Crippen molar-refractivity contribution in [1.82, 2.24) is 0 Å². The summed E-state index contributed by atoms with van der Waals surface area (Å²) in [6, 6.07) is 0. The standard InChI is InChI=1S/C2H2O7.4CH2O3.Ca.Mg/c3-1(4)7-9-8-2(5)6;4*2-1(3)4;;/h(H,3,4)(H,5,6);4*(H2,2,3,4);;/q;;;;;2*+2/p-4. The van der Waals surface area contributed by atoms with Crippen molar-refractivity contribution in [2.75, 3.05) is 0 Å². The fraction of sp³-hybridized carbons (Fsp3) is 0. The molecule has 19 nitrogen and oxygen atoms in total. The van der Waals surface area contributed by atoms with Crippen LogP contribution in [0, 0.1) is 0 Å². The first-order valence-electron chi connectivity index (χ1n) is 4.12. The molecule has 0 rings (SSSR count). The van der Waals surface area contributed by atoms with Crippen LogP contribution in [0.2, 0.25) is 0 Å². The van der Waals surface area contributed by atoms with Gasteiger partial charge in [0.2, 0.25) is 24.6 Å². The quantitative estimate of drug-likeness (QED) is 0.131. The number of hydrogen-bond donors (Lipinski definition) is 6. The van der Waals surface area contributed by atoms with Gasteiger partial charge in [-0.25, -0.2) is 19.4 Å². The van der Waals surface area contributed by atoms with E-state index in [1.54, 1.807) is 0 Å². The Balaban J connectivity index is -0.0000000386. The zero-order valence-corrected chi connectivity index (χ0v) is 16.0. The minimum Gasteiger partial charge on any atom is -0.565 e. The van der Waals surface area contributed by atoms with Gasteiger partial charge >= 0.3 is 73.1 Å². The summed E-state index contributed by atoms with van der Waals surface area (Å²) in [6.07, 6.45) is -11.9. The Bertz CT molecular complexity index is 342. The third-order valence-corrected chi connectivity index (χ3v) is 0.211. The van der Waals surface area contributed by atoms with Crippen molar-refractivity contribution in [2.24, 2.45) is 0 Å². The third kappa shape index (κ3) is 847. The first kappa shape index (κ1) is 44.2. The molecule has 0 aliphatic rings. The van der Waals surface area contributed by atoms with Crippen molar-refractivity contribution < 1.29 is 94.6 Å². The van der Waals surface area contributed by atoms with Gasteiger partial charge in [-0.05, 0) is 0 Å². The van der Waals surface area contributed by atoms with Crippen LogP contribution in [-0.2, 0) is 14.8 Å². The van der Waals surface area contributed by atoms with Crippen LogP contribution in [-0.4, -0.2) is 128 Å². The molecule has 27 heavy (non-hydrogen) atoms. The van der Waals surface area contributed by atoms with Crippen LogP contribution >= 0.6 is 0 Å². The Morgan fingerprint density at radius 3 is 0.704 bits per heavy atom. The van der Waals surface area contributed by atoms with E-state index in [-0.39, 0.29) is 60.8 Å². The average molecular weight is 446 g/mol. The summed E-state index contributed by atoms with van der Waals surface area (Å²) in [5, 5.41) is 79.6. The monoisotopic (exact) mass is 446 g/mol. The summed E-state index contributed by atoms with van der Waals surface area (Å²) in [5.41, 5.74) is 0. The maximum atomic E-state index is 9.36. The molecule has 0 aliphatic heterocycles. The molecule has 0 spiro atoms. The molecular formula is C6H6CaMgO19. The second-order valence-corrected chi connectivity index (χ2v) is 1.83. The molecule has 0 bridgehead atoms. The van der Waals surface area contributed by atoms with Crippen LogP contribution in [0.4, 0.5) is 28.8 Å². The van der Waals surface area contributed by atoms with Gasteiger partial charge in [0, 0.05) is 0 Å². The molecule has 0 amide bonds. The second-order valence-electron chi connectivity index (χ2n) is 1.83. The van der Waals surface area contributed by atoms with E-state index in [0.717, 1.165) is 0 Å². The van der Waals surface area contributed by atoms with Gasteiger partial charge in [-0.15, -0.1) is 0 Å². The number of carbonyl (C=O) groups is 6. The first-order valence-corrected chi connectivity index (χ1v) is 4.12. The van der Waals surface area contributed by atoms with Gasteiger partial charge < -0.3 is 70.2 Å². The van der Waals surface area contributed by atoms with E-state index in [9.17, 15) is 9.59 Å². The molecule has 0 atom stereocenters. The SMILES string of the molecule is O=C(O)OOOC(=O)O.O=C([O-])O.O=C([O-])O.O=C([O-])O.O=C([O-])O.[Ca+2].[Mg+2]. The predicted molar refractivity (Wildman–Crippen MR) is 62.9 cm³/mol. The van der Waals surface area contributed by atoms with E-state index < -0.39 is 36.9 Å². The smallest absolute Gasteiger partial charge is 0.565 e. The van der Waals surface area contributed by atoms with E-state index >= 15 is 0 Å². The largest absolute Gasteiger partial charge is 2.00 e. The van der Waals surface area contributed by atoms with Crippen molar-refractivity contribution in [3.05, 3.63) is 0 Å². The number of hydrogen-bond acceptors (Lipinski definition) is 13. The molecule has 0 aromatic heterocycles. The van der Waals surface area contributed by atoms with E-state index in [2.05, 4.69) is 14.8 Å². The van der Waals surface area contributed by atoms with Crippen LogP contribution < -0.4 is 20.4 Å². The molecule has 0 heterocycles. The number of carboxylic acid groups (broad SMARTS) is 10. The van der Waals surface area contributed by atoms with Gasteiger partial charge in [0.05, 0.1) is 5.04 Å². The Kier molecular flexibility index (Phi) is 57.1. The van der Waals surface area contributed by atoms with Gasteiger partial charge in [-0.3, -0.25) is 0 Å². The zero-order chi connectivity index (χ0) is 21.6. The molecule has 6 N–H and O–H groups in total. The zero-order valence-electron chi connectivity index (χ0n) is 12.4. The summed E-state index contributed by atoms with van der Waals surface area (Å²) in [5.74, 6) is 0. The average Bonchev–Trinajstić information content (AvgIpc) is 2.23. The maximum Gasteiger partial charge on any atom is 2.00 e. The third-order valence-electron chi connectivity index (χ3n) is 0.211. The van der Waals surface area contributed by atoms with Crippen LogP contribution in [0.15, 0.2) is 0 Å². The normalized spacial score (nSPS) is 6.22. The van der Waals surface area contributed by atoms with E-state index in [1.165, 1.54) is 0 Å². The van der Waals surface area contributed by atoms with Gasteiger partial charge in [0.1, 0.15) is 0 Å². The Morgan fingerprint density at radius 2 is 0.630 bits per heavy atom. The van der Waals surface area contributed by atoms with Crippen molar-refractivity contribution in [3.8, 4) is 0 Å². The Hall–Kier alpha value is -2.39. The molecule has 0 aromatic carbocycles. The van der Waals surface area contributed by atoms with E-state index in [0.29, 0.717) is 0 Å². The van der Waals surface area contributed by atoms with Crippen molar-refractivity contribution >= 4 is 97.7 Å². The van der Waals surface area contributed by atoms with Crippen LogP contribution in [0.3, 0.4) is 0 Å². The minimum atomic E-state index is -2.08. The molecule has 0 saturated heterocycles. The van der Waals surface area contributed by atoms with Crippen LogP contribution in [0.25, 0.3) is 0 Å². The van der Waals surface area contributed by atoms with Gasteiger partial charge in [0.15, 0.2) is 0 Å². The second kappa shape index (κ2) is 34.8. The van der Waals surface area contributed by atoms with Crippen LogP contribution in [0.5, 0.6) is 0 Å². The Labute approximate surface area is 191 Å². The van der Waals surface area contributed by atoms with Gasteiger partial charge in [-0.1, -0.05) is 0 Å². The van der Waals surface area contributed by atoms with Crippen molar-refractivity contribution in [1.29, 1.82) is 0 Å². The first-order chi connectivity index (χ1) is 11.1. The fourth-order valence-corrected chi connectivity index (χ4v) is 0.0752. The molecule has 148 valence electrons. The minimum absolute atomic E-state index is 0. The molecule has 0 aliphatic carbocycles. The molecule has 0 unspecified atom stereocenters. The van der Waals surface area contributed by atoms with Crippen molar-refractivity contribution in [3.63, 3.8) is 0 Å². The summed E-state index contributed by atoms with van der Waals surface area (Å²) in [4.78, 5) is 58.8. The summed E-state index contributed by atoms with van der Waals surface area (Å²) in [7, 11) is 0. The summed E-state index contributed by atoms with van der Waals surface area (Å²) < 4.78 is 0. The van der Waals surface area contributed by atoms with Crippen LogP contribution in [0.1, 0.15) is 0 Å². The van der Waals surface area contributed by atoms with E-state index in [4.69, 9.17) is 70.2 Å². The van der Waals surface area contributed by atoms with Gasteiger partial charge in [0.25, 0.3) is 0 Å². The molecular weight excluding hydrogens is 440 g/mol. The topological polar surface area (TPSA) is 344 Å². The fourth-order valence-electron chi connectivity index (χ4n) is 0.0752. The molecule has 0 fully saturated rings. The Morgan fingerprint density at radius 1 is 0.519 bits per heavy atom. The summed E-state index contributed by atoms with van der Waals surface area (Å²) in [6.45, 7) is 0. The molecule has 0 radical (unpaired) electrons. The summed E-state index contributed by atoms with van der Waals surface area (Å²) >= 11 is 0. The molecule has 0 aromatic rings. The molecule has 0 saturated carbocycles.